The number of anilines is 1. The number of alkyl halides is 2. The Labute approximate surface area is 95.5 Å². The molecule has 0 spiro atoms. The van der Waals surface area contributed by atoms with E-state index >= 15 is 0 Å². The Kier molecular flexibility index (Phi) is 2.96. The van der Waals surface area contributed by atoms with Gasteiger partial charge in [0.15, 0.2) is 0 Å². The second-order valence-corrected chi connectivity index (χ2v) is 3.35. The predicted molar refractivity (Wildman–Crippen MR) is 57.0 cm³/mol. The molecule has 6 nitrogen and oxygen atoms in total. The van der Waals surface area contributed by atoms with E-state index in [2.05, 4.69) is 20.5 Å². The lowest BCUT2D eigenvalue weighted by molar-refractivity contribution is 0.146. The van der Waals surface area contributed by atoms with E-state index in [1.165, 1.54) is 12.3 Å². The van der Waals surface area contributed by atoms with Crippen LogP contribution in [0.3, 0.4) is 0 Å². The minimum absolute atomic E-state index is 0.0540. The molecule has 2 rings (SSSR count). The molecule has 0 unspecified atom stereocenters. The van der Waals surface area contributed by atoms with Crippen LogP contribution >= 0.6 is 0 Å². The van der Waals surface area contributed by atoms with Crippen LogP contribution in [0, 0.1) is 0 Å². The molecule has 0 atom stereocenters. The summed E-state index contributed by atoms with van der Waals surface area (Å²) in [5.74, 6) is 5.08. The summed E-state index contributed by atoms with van der Waals surface area (Å²) in [6, 6.07) is 1.21. The molecule has 0 amide bonds. The van der Waals surface area contributed by atoms with E-state index in [1.54, 1.807) is 17.9 Å². The molecule has 8 heteroatoms. The molecule has 0 aliphatic carbocycles. The molecule has 90 valence electrons. The largest absolute Gasteiger partial charge is 0.292 e. The first-order valence-corrected chi connectivity index (χ1v) is 4.73. The number of nitrogen functional groups attached to an aromatic ring is 1. The normalized spacial score (nSPS) is 10.9. The Balaban J connectivity index is 2.49. The van der Waals surface area contributed by atoms with E-state index in [0.29, 0.717) is 11.3 Å². The number of nitrogens with two attached hydrogens (primary N) is 1. The van der Waals surface area contributed by atoms with Gasteiger partial charge >= 0.3 is 0 Å². The zero-order valence-electron chi connectivity index (χ0n) is 8.93. The molecular formula is C9H10F2N6. The van der Waals surface area contributed by atoms with Crippen LogP contribution in [-0.4, -0.2) is 19.7 Å². The maximum Gasteiger partial charge on any atom is 0.280 e. The summed E-state index contributed by atoms with van der Waals surface area (Å²) < 4.78 is 26.8. The Morgan fingerprint density at radius 1 is 1.41 bits per heavy atom. The van der Waals surface area contributed by atoms with Crippen LogP contribution in [0.5, 0.6) is 0 Å². The molecule has 0 saturated carbocycles. The van der Waals surface area contributed by atoms with Crippen molar-refractivity contribution < 1.29 is 8.78 Å². The number of aryl methyl sites for hydroxylation is 1. The number of halogens is 2. The lowest BCUT2D eigenvalue weighted by atomic mass is 10.2. The van der Waals surface area contributed by atoms with Gasteiger partial charge in [0, 0.05) is 18.8 Å². The monoisotopic (exact) mass is 240 g/mol. The summed E-state index contributed by atoms with van der Waals surface area (Å²) in [4.78, 5) is 7.54. The average Bonchev–Trinajstić information content (AvgIpc) is 2.75. The van der Waals surface area contributed by atoms with Crippen LogP contribution in [0.15, 0.2) is 18.5 Å². The molecule has 0 aliphatic heterocycles. The molecular weight excluding hydrogens is 230 g/mol. The molecule has 2 aromatic rings. The van der Waals surface area contributed by atoms with Crippen molar-refractivity contribution in [2.45, 2.75) is 6.43 Å². The topological polar surface area (TPSA) is 81.7 Å². The highest BCUT2D eigenvalue weighted by atomic mass is 19.3. The maximum atomic E-state index is 12.6. The van der Waals surface area contributed by atoms with Gasteiger partial charge in [-0.3, -0.25) is 10.1 Å². The summed E-state index contributed by atoms with van der Waals surface area (Å²) >= 11 is 0. The van der Waals surface area contributed by atoms with Gasteiger partial charge in [0.25, 0.3) is 6.43 Å². The van der Waals surface area contributed by atoms with E-state index < -0.39 is 6.43 Å². The van der Waals surface area contributed by atoms with E-state index in [0.717, 1.165) is 0 Å². The first-order valence-electron chi connectivity index (χ1n) is 4.73. The lowest BCUT2D eigenvalue weighted by Crippen LogP contribution is -2.12. The van der Waals surface area contributed by atoms with Crippen molar-refractivity contribution >= 4 is 5.95 Å². The summed E-state index contributed by atoms with van der Waals surface area (Å²) in [5.41, 5.74) is 2.74. The molecule has 3 N–H and O–H groups in total. The highest BCUT2D eigenvalue weighted by Gasteiger charge is 2.14. The quantitative estimate of drug-likeness (QED) is 0.620. The van der Waals surface area contributed by atoms with E-state index in [4.69, 9.17) is 5.84 Å². The van der Waals surface area contributed by atoms with E-state index in [-0.39, 0.29) is 11.6 Å². The number of nitrogens with zero attached hydrogens (tertiary/aromatic N) is 4. The van der Waals surface area contributed by atoms with E-state index in [1.807, 2.05) is 0 Å². The van der Waals surface area contributed by atoms with Crippen LogP contribution in [0.2, 0.25) is 0 Å². The van der Waals surface area contributed by atoms with Gasteiger partial charge in [-0.1, -0.05) is 0 Å². The molecule has 0 saturated heterocycles. The van der Waals surface area contributed by atoms with Gasteiger partial charge in [-0.15, -0.1) is 0 Å². The van der Waals surface area contributed by atoms with E-state index in [9.17, 15) is 8.78 Å². The van der Waals surface area contributed by atoms with Crippen molar-refractivity contribution in [3.05, 3.63) is 24.2 Å². The van der Waals surface area contributed by atoms with Crippen molar-refractivity contribution in [2.75, 3.05) is 5.43 Å². The molecule has 0 aliphatic rings. The standard InChI is InChI=1S/C9H10F2N6/c1-17-4-5(3-13-17)6-2-7(8(10)11)15-9(14-6)16-12/h2-4,8H,12H2,1H3,(H,14,15,16). The van der Waals surface area contributed by atoms with Crippen LogP contribution < -0.4 is 11.3 Å². The van der Waals surface area contributed by atoms with Crippen molar-refractivity contribution in [1.82, 2.24) is 19.7 Å². The predicted octanol–water partition coefficient (Wildman–Crippen LogP) is 1.10. The zero-order chi connectivity index (χ0) is 12.4. The Morgan fingerprint density at radius 3 is 2.71 bits per heavy atom. The highest BCUT2D eigenvalue weighted by Crippen LogP contribution is 2.23. The fourth-order valence-corrected chi connectivity index (χ4v) is 1.34. The third kappa shape index (κ3) is 2.36. The third-order valence-corrected chi connectivity index (χ3v) is 2.10. The van der Waals surface area contributed by atoms with Gasteiger partial charge in [0.2, 0.25) is 5.95 Å². The summed E-state index contributed by atoms with van der Waals surface area (Å²) in [6.07, 6.45) is 0.510. The number of hydrazine groups is 1. The van der Waals surface area contributed by atoms with Gasteiger partial charge in [0.05, 0.1) is 11.9 Å². The number of rotatable bonds is 3. The molecule has 0 radical (unpaired) electrons. The fourth-order valence-electron chi connectivity index (χ4n) is 1.34. The smallest absolute Gasteiger partial charge is 0.280 e. The lowest BCUT2D eigenvalue weighted by Gasteiger charge is -2.05. The molecule has 0 aromatic carbocycles. The van der Waals surface area contributed by atoms with Crippen LogP contribution in [-0.2, 0) is 7.05 Å². The first-order chi connectivity index (χ1) is 8.10. The van der Waals surface area contributed by atoms with Gasteiger partial charge < -0.3 is 0 Å². The number of nitrogens with one attached hydrogen (secondary N) is 1. The minimum Gasteiger partial charge on any atom is -0.292 e. The number of aromatic nitrogens is 4. The Bertz CT molecular complexity index is 524. The summed E-state index contributed by atoms with van der Waals surface area (Å²) in [5, 5.41) is 3.94. The van der Waals surface area contributed by atoms with Crippen molar-refractivity contribution in [2.24, 2.45) is 12.9 Å². The summed E-state index contributed by atoms with van der Waals surface area (Å²) in [7, 11) is 1.72. The number of hydrogen-bond donors (Lipinski definition) is 2. The first kappa shape index (κ1) is 11.4. The maximum absolute atomic E-state index is 12.6. The third-order valence-electron chi connectivity index (χ3n) is 2.10. The summed E-state index contributed by atoms with van der Waals surface area (Å²) in [6.45, 7) is 0. The molecule has 2 aromatic heterocycles. The zero-order valence-corrected chi connectivity index (χ0v) is 8.93. The van der Waals surface area contributed by atoms with Gasteiger partial charge in [-0.25, -0.2) is 24.6 Å². The van der Waals surface area contributed by atoms with Crippen LogP contribution in [0.1, 0.15) is 12.1 Å². The minimum atomic E-state index is -2.68. The molecule has 2 heterocycles. The fraction of sp³-hybridized carbons (Fsp3) is 0.222. The van der Waals surface area contributed by atoms with Crippen LogP contribution in [0.25, 0.3) is 11.3 Å². The number of hydrogen-bond acceptors (Lipinski definition) is 5. The van der Waals surface area contributed by atoms with Crippen molar-refractivity contribution in [3.8, 4) is 11.3 Å². The Morgan fingerprint density at radius 2 is 2.18 bits per heavy atom. The van der Waals surface area contributed by atoms with Gasteiger partial charge in [0.1, 0.15) is 5.69 Å². The molecule has 17 heavy (non-hydrogen) atoms. The van der Waals surface area contributed by atoms with Gasteiger partial charge in [-0.2, -0.15) is 5.10 Å². The molecule has 0 fully saturated rings. The van der Waals surface area contributed by atoms with Crippen molar-refractivity contribution in [1.29, 1.82) is 0 Å². The molecule has 0 bridgehead atoms. The second kappa shape index (κ2) is 4.42. The average molecular weight is 240 g/mol. The SMILES string of the molecule is Cn1cc(-c2cc(C(F)F)nc(NN)n2)cn1. The van der Waals surface area contributed by atoms with Gasteiger partial charge in [-0.05, 0) is 6.07 Å². The van der Waals surface area contributed by atoms with Crippen LogP contribution in [0.4, 0.5) is 14.7 Å². The highest BCUT2D eigenvalue weighted by molar-refractivity contribution is 5.59. The van der Waals surface area contributed by atoms with Crippen molar-refractivity contribution in [3.63, 3.8) is 0 Å². The second-order valence-electron chi connectivity index (χ2n) is 3.35. The Hall–Kier alpha value is -2.09.